The molecule has 2 rings (SSSR count). The summed E-state index contributed by atoms with van der Waals surface area (Å²) in [6, 6.07) is 14.4. The number of hydrogen-bond donors (Lipinski definition) is 1. The van der Waals surface area contributed by atoms with E-state index in [1.165, 1.54) is 11.1 Å². The molecule has 0 unspecified atom stereocenters. The van der Waals surface area contributed by atoms with Crippen molar-refractivity contribution in [1.29, 1.82) is 0 Å². The summed E-state index contributed by atoms with van der Waals surface area (Å²) in [6.45, 7) is 5.09. The van der Waals surface area contributed by atoms with Gasteiger partial charge in [-0.1, -0.05) is 42.8 Å². The molecule has 0 saturated carbocycles. The van der Waals surface area contributed by atoms with Crippen molar-refractivity contribution in [2.45, 2.75) is 26.8 Å². The van der Waals surface area contributed by atoms with Gasteiger partial charge in [-0.2, -0.15) is 0 Å². The van der Waals surface area contributed by atoms with Crippen LogP contribution in [0.5, 0.6) is 0 Å². The Morgan fingerprint density at radius 3 is 2.50 bits per heavy atom. The Balaban J connectivity index is 2.07. The zero-order chi connectivity index (χ0) is 13.0. The summed E-state index contributed by atoms with van der Waals surface area (Å²) in [6.07, 6.45) is 1.08. The number of halogens is 1. The van der Waals surface area contributed by atoms with Crippen LogP contribution >= 0.6 is 11.6 Å². The summed E-state index contributed by atoms with van der Waals surface area (Å²) in [5.74, 6) is 0. The fraction of sp³-hybridized carbons (Fsp3) is 0.250. The zero-order valence-corrected chi connectivity index (χ0v) is 11.6. The Hall–Kier alpha value is -1.47. The van der Waals surface area contributed by atoms with Gasteiger partial charge >= 0.3 is 0 Å². The summed E-state index contributed by atoms with van der Waals surface area (Å²) < 4.78 is 0. The topological polar surface area (TPSA) is 12.0 Å². The van der Waals surface area contributed by atoms with Crippen LogP contribution in [0.2, 0.25) is 5.02 Å². The maximum Gasteiger partial charge on any atom is 0.0455 e. The third-order valence-electron chi connectivity index (χ3n) is 3.16. The molecule has 0 radical (unpaired) electrons. The van der Waals surface area contributed by atoms with Crippen LogP contribution < -0.4 is 5.32 Å². The molecule has 0 amide bonds. The fourth-order valence-electron chi connectivity index (χ4n) is 2.04. The van der Waals surface area contributed by atoms with Gasteiger partial charge in [-0.05, 0) is 48.2 Å². The van der Waals surface area contributed by atoms with Gasteiger partial charge in [0, 0.05) is 17.3 Å². The summed E-state index contributed by atoms with van der Waals surface area (Å²) in [4.78, 5) is 0. The molecule has 0 atom stereocenters. The SMILES string of the molecule is CCc1ccc(NCc2ccccc2Cl)cc1C. The molecule has 0 aliphatic rings. The Morgan fingerprint density at radius 2 is 1.83 bits per heavy atom. The van der Waals surface area contributed by atoms with Gasteiger partial charge in [-0.25, -0.2) is 0 Å². The Bertz CT molecular complexity index is 534. The monoisotopic (exact) mass is 259 g/mol. The van der Waals surface area contributed by atoms with Crippen LogP contribution in [0.15, 0.2) is 42.5 Å². The molecule has 0 heterocycles. The summed E-state index contributed by atoms with van der Waals surface area (Å²) in [5.41, 5.74) is 5.00. The molecule has 18 heavy (non-hydrogen) atoms. The van der Waals surface area contributed by atoms with Gasteiger partial charge in [0.05, 0.1) is 0 Å². The van der Waals surface area contributed by atoms with Crippen LogP contribution in [-0.2, 0) is 13.0 Å². The van der Waals surface area contributed by atoms with E-state index in [4.69, 9.17) is 11.6 Å². The van der Waals surface area contributed by atoms with Crippen LogP contribution in [0.3, 0.4) is 0 Å². The Kier molecular flexibility index (Phi) is 4.27. The van der Waals surface area contributed by atoms with E-state index < -0.39 is 0 Å². The lowest BCUT2D eigenvalue weighted by molar-refractivity contribution is 1.10. The van der Waals surface area contributed by atoms with Gasteiger partial charge in [0.15, 0.2) is 0 Å². The van der Waals surface area contributed by atoms with Crippen molar-refractivity contribution in [3.63, 3.8) is 0 Å². The molecule has 0 aliphatic heterocycles. The number of nitrogens with one attached hydrogen (secondary N) is 1. The number of rotatable bonds is 4. The molecule has 94 valence electrons. The van der Waals surface area contributed by atoms with Crippen LogP contribution in [0.1, 0.15) is 23.6 Å². The van der Waals surface area contributed by atoms with Crippen LogP contribution in [0.4, 0.5) is 5.69 Å². The molecule has 1 nitrogen and oxygen atoms in total. The first-order valence-electron chi connectivity index (χ1n) is 6.27. The van der Waals surface area contributed by atoms with Crippen molar-refractivity contribution in [2.75, 3.05) is 5.32 Å². The van der Waals surface area contributed by atoms with E-state index >= 15 is 0 Å². The van der Waals surface area contributed by atoms with E-state index in [-0.39, 0.29) is 0 Å². The summed E-state index contributed by atoms with van der Waals surface area (Å²) >= 11 is 6.13. The standard InChI is InChI=1S/C16H18ClN/c1-3-13-8-9-15(10-12(13)2)18-11-14-6-4-5-7-16(14)17/h4-10,18H,3,11H2,1-2H3. The van der Waals surface area contributed by atoms with E-state index in [0.717, 1.165) is 29.2 Å². The molecule has 2 aromatic rings. The highest BCUT2D eigenvalue weighted by Crippen LogP contribution is 2.19. The molecule has 2 heteroatoms. The fourth-order valence-corrected chi connectivity index (χ4v) is 2.24. The van der Waals surface area contributed by atoms with E-state index in [2.05, 4.69) is 37.4 Å². The second-order valence-corrected chi connectivity index (χ2v) is 4.85. The van der Waals surface area contributed by atoms with Gasteiger partial charge in [-0.3, -0.25) is 0 Å². The van der Waals surface area contributed by atoms with Gasteiger partial charge in [0.1, 0.15) is 0 Å². The normalized spacial score (nSPS) is 10.4. The molecule has 2 aromatic carbocycles. The predicted molar refractivity (Wildman–Crippen MR) is 79.3 cm³/mol. The Labute approximate surface area is 114 Å². The van der Waals surface area contributed by atoms with Crippen LogP contribution in [0, 0.1) is 6.92 Å². The number of benzene rings is 2. The number of aryl methyl sites for hydroxylation is 2. The predicted octanol–water partition coefficient (Wildman–Crippen LogP) is 4.82. The minimum absolute atomic E-state index is 0.755. The van der Waals surface area contributed by atoms with Gasteiger partial charge in [0.25, 0.3) is 0 Å². The third kappa shape index (κ3) is 3.05. The molecule has 0 saturated heterocycles. The van der Waals surface area contributed by atoms with Crippen molar-refractivity contribution in [3.8, 4) is 0 Å². The van der Waals surface area contributed by atoms with Crippen LogP contribution in [-0.4, -0.2) is 0 Å². The molecule has 0 aromatic heterocycles. The summed E-state index contributed by atoms with van der Waals surface area (Å²) in [5, 5.41) is 4.22. The molecule has 1 N–H and O–H groups in total. The molecule has 0 bridgehead atoms. The number of hydrogen-bond acceptors (Lipinski definition) is 1. The lowest BCUT2D eigenvalue weighted by atomic mass is 10.1. The minimum Gasteiger partial charge on any atom is -0.381 e. The molecule has 0 fully saturated rings. The number of anilines is 1. The first-order chi connectivity index (χ1) is 8.70. The highest BCUT2D eigenvalue weighted by Gasteiger charge is 2.00. The lowest BCUT2D eigenvalue weighted by Crippen LogP contribution is -2.00. The Morgan fingerprint density at radius 1 is 1.06 bits per heavy atom. The maximum absolute atomic E-state index is 6.13. The van der Waals surface area contributed by atoms with Gasteiger partial charge in [0.2, 0.25) is 0 Å². The minimum atomic E-state index is 0.755. The largest absolute Gasteiger partial charge is 0.381 e. The smallest absolute Gasteiger partial charge is 0.0455 e. The highest BCUT2D eigenvalue weighted by atomic mass is 35.5. The van der Waals surface area contributed by atoms with Crippen molar-refractivity contribution >= 4 is 17.3 Å². The molecular formula is C16H18ClN. The van der Waals surface area contributed by atoms with Crippen molar-refractivity contribution in [2.24, 2.45) is 0 Å². The van der Waals surface area contributed by atoms with Gasteiger partial charge in [-0.15, -0.1) is 0 Å². The lowest BCUT2D eigenvalue weighted by Gasteiger charge is -2.10. The third-order valence-corrected chi connectivity index (χ3v) is 3.53. The van der Waals surface area contributed by atoms with E-state index in [0.29, 0.717) is 0 Å². The second kappa shape index (κ2) is 5.92. The average Bonchev–Trinajstić information content (AvgIpc) is 2.38. The zero-order valence-electron chi connectivity index (χ0n) is 10.8. The quantitative estimate of drug-likeness (QED) is 0.830. The van der Waals surface area contributed by atoms with Crippen molar-refractivity contribution < 1.29 is 0 Å². The molecule has 0 aliphatic carbocycles. The van der Waals surface area contributed by atoms with E-state index in [1.54, 1.807) is 0 Å². The van der Waals surface area contributed by atoms with Crippen molar-refractivity contribution in [1.82, 2.24) is 0 Å². The van der Waals surface area contributed by atoms with Gasteiger partial charge < -0.3 is 5.32 Å². The first-order valence-corrected chi connectivity index (χ1v) is 6.65. The van der Waals surface area contributed by atoms with Crippen molar-refractivity contribution in [3.05, 3.63) is 64.2 Å². The first kappa shape index (κ1) is 13.0. The molecular weight excluding hydrogens is 242 g/mol. The van der Waals surface area contributed by atoms with E-state index in [9.17, 15) is 0 Å². The second-order valence-electron chi connectivity index (χ2n) is 4.44. The molecule has 0 spiro atoms. The maximum atomic E-state index is 6.13. The average molecular weight is 260 g/mol. The van der Waals surface area contributed by atoms with Crippen LogP contribution in [0.25, 0.3) is 0 Å². The summed E-state index contributed by atoms with van der Waals surface area (Å²) in [7, 11) is 0. The highest BCUT2D eigenvalue weighted by molar-refractivity contribution is 6.31. The van der Waals surface area contributed by atoms with E-state index in [1.807, 2.05) is 24.3 Å².